The van der Waals surface area contributed by atoms with Crippen molar-refractivity contribution >= 4 is 21.8 Å². The number of carbonyl (C=O) groups is 1. The Morgan fingerprint density at radius 3 is 2.18 bits per heavy atom. The normalized spacial score (nSPS) is 16.1. The van der Waals surface area contributed by atoms with Crippen molar-refractivity contribution in [3.63, 3.8) is 0 Å². The summed E-state index contributed by atoms with van der Waals surface area (Å²) >= 11 is 2.78. The van der Waals surface area contributed by atoms with Gasteiger partial charge in [0.05, 0.1) is 4.47 Å². The first-order valence-corrected chi connectivity index (χ1v) is 6.32. The van der Waals surface area contributed by atoms with E-state index in [0.29, 0.717) is 13.1 Å². The summed E-state index contributed by atoms with van der Waals surface area (Å²) in [5, 5.41) is 0. The minimum Gasteiger partial charge on any atom is -0.339 e. The topological polar surface area (TPSA) is 20.3 Å². The van der Waals surface area contributed by atoms with Crippen molar-refractivity contribution in [3.05, 3.63) is 33.8 Å². The largest absolute Gasteiger partial charge is 0.339 e. The van der Waals surface area contributed by atoms with Crippen molar-refractivity contribution in [2.45, 2.75) is 19.3 Å². The van der Waals surface area contributed by atoms with Gasteiger partial charge in [-0.2, -0.15) is 0 Å². The number of hydrogen-bond donors (Lipinski definition) is 0. The lowest BCUT2D eigenvalue weighted by molar-refractivity contribution is 0.0723. The molecule has 1 fully saturated rings. The Labute approximate surface area is 107 Å². The molecule has 0 spiro atoms. The lowest BCUT2D eigenvalue weighted by atomic mass is 10.1. The predicted octanol–water partition coefficient (Wildman–Crippen LogP) is 3.35. The summed E-state index contributed by atoms with van der Waals surface area (Å²) in [4.78, 5) is 13.6. The summed E-state index contributed by atoms with van der Waals surface area (Å²) in [6.45, 7) is 1.33. The molecule has 2 nitrogen and oxygen atoms in total. The first-order valence-electron chi connectivity index (χ1n) is 5.53. The quantitative estimate of drug-likeness (QED) is 0.729. The molecule has 0 unspecified atom stereocenters. The Hall–Kier alpha value is -0.970. The molecule has 5 heteroatoms. The first kappa shape index (κ1) is 12.5. The van der Waals surface area contributed by atoms with Gasteiger partial charge in [-0.3, -0.25) is 4.79 Å². The molecule has 0 saturated carbocycles. The molecule has 1 aromatic rings. The zero-order chi connectivity index (χ0) is 12.4. The van der Waals surface area contributed by atoms with Crippen LogP contribution in [0.4, 0.5) is 8.78 Å². The minimum atomic E-state index is -0.745. The standard InChI is InChI=1S/C12H12BrF2NO/c13-11-9(14)6-8(7-10(11)15)12(17)16-4-2-1-3-5-16/h6-7H,1-5H2. The molecule has 1 aromatic carbocycles. The fourth-order valence-electron chi connectivity index (χ4n) is 1.96. The van der Waals surface area contributed by atoms with Crippen LogP contribution in [-0.2, 0) is 0 Å². The van der Waals surface area contributed by atoms with Gasteiger partial charge in [0, 0.05) is 18.7 Å². The van der Waals surface area contributed by atoms with E-state index < -0.39 is 11.6 Å². The van der Waals surface area contributed by atoms with E-state index in [0.717, 1.165) is 31.4 Å². The van der Waals surface area contributed by atoms with Crippen molar-refractivity contribution in [3.8, 4) is 0 Å². The molecule has 2 rings (SSSR count). The molecule has 0 atom stereocenters. The fourth-order valence-corrected chi connectivity index (χ4v) is 2.19. The van der Waals surface area contributed by atoms with E-state index in [1.807, 2.05) is 0 Å². The second kappa shape index (κ2) is 5.12. The molecule has 0 aliphatic carbocycles. The van der Waals surface area contributed by atoms with E-state index >= 15 is 0 Å². The zero-order valence-corrected chi connectivity index (χ0v) is 10.8. The lowest BCUT2D eigenvalue weighted by Gasteiger charge is -2.26. The lowest BCUT2D eigenvalue weighted by Crippen LogP contribution is -2.35. The second-order valence-corrected chi connectivity index (χ2v) is 4.90. The van der Waals surface area contributed by atoms with Gasteiger partial charge in [-0.15, -0.1) is 0 Å². The van der Waals surface area contributed by atoms with Crippen molar-refractivity contribution < 1.29 is 13.6 Å². The summed E-state index contributed by atoms with van der Waals surface area (Å²) in [7, 11) is 0. The smallest absolute Gasteiger partial charge is 0.254 e. The highest BCUT2D eigenvalue weighted by Crippen LogP contribution is 2.22. The average molecular weight is 304 g/mol. The van der Waals surface area contributed by atoms with Crippen molar-refractivity contribution in [1.29, 1.82) is 0 Å². The first-order chi connectivity index (χ1) is 8.09. The van der Waals surface area contributed by atoms with Gasteiger partial charge in [0.25, 0.3) is 5.91 Å². The molecule has 17 heavy (non-hydrogen) atoms. The van der Waals surface area contributed by atoms with Crippen LogP contribution >= 0.6 is 15.9 Å². The molecule has 1 aliphatic heterocycles. The number of amides is 1. The van der Waals surface area contributed by atoms with Crippen LogP contribution < -0.4 is 0 Å². The summed E-state index contributed by atoms with van der Waals surface area (Å²) < 4.78 is 26.4. The van der Waals surface area contributed by atoms with E-state index in [-0.39, 0.29) is 15.9 Å². The zero-order valence-electron chi connectivity index (χ0n) is 9.18. The highest BCUT2D eigenvalue weighted by Gasteiger charge is 2.20. The van der Waals surface area contributed by atoms with Crippen LogP contribution in [0.2, 0.25) is 0 Å². The minimum absolute atomic E-state index is 0.0742. The maximum Gasteiger partial charge on any atom is 0.254 e. The number of carbonyl (C=O) groups excluding carboxylic acids is 1. The van der Waals surface area contributed by atoms with E-state index in [9.17, 15) is 13.6 Å². The van der Waals surface area contributed by atoms with E-state index in [1.165, 1.54) is 0 Å². The molecule has 0 N–H and O–H groups in total. The van der Waals surface area contributed by atoms with Crippen molar-refractivity contribution in [1.82, 2.24) is 4.90 Å². The maximum absolute atomic E-state index is 13.3. The Kier molecular flexibility index (Phi) is 3.76. The van der Waals surface area contributed by atoms with E-state index in [4.69, 9.17) is 0 Å². The summed E-state index contributed by atoms with van der Waals surface area (Å²) in [6, 6.07) is 2.15. The second-order valence-electron chi connectivity index (χ2n) is 4.11. The number of piperidine rings is 1. The van der Waals surface area contributed by atoms with Gasteiger partial charge in [-0.05, 0) is 47.3 Å². The summed E-state index contributed by atoms with van der Waals surface area (Å²) in [5.41, 5.74) is 0.0742. The number of nitrogens with zero attached hydrogens (tertiary/aromatic N) is 1. The third-order valence-electron chi connectivity index (χ3n) is 2.87. The highest BCUT2D eigenvalue weighted by molar-refractivity contribution is 9.10. The molecule has 0 radical (unpaired) electrons. The monoisotopic (exact) mass is 303 g/mol. The Morgan fingerprint density at radius 2 is 1.65 bits per heavy atom. The molecule has 1 amide bonds. The van der Waals surface area contributed by atoms with E-state index in [2.05, 4.69) is 15.9 Å². The van der Waals surface area contributed by atoms with Crippen LogP contribution in [0.15, 0.2) is 16.6 Å². The fraction of sp³-hybridized carbons (Fsp3) is 0.417. The van der Waals surface area contributed by atoms with Crippen LogP contribution in [0.3, 0.4) is 0 Å². The Balaban J connectivity index is 2.24. The molecule has 1 heterocycles. The van der Waals surface area contributed by atoms with Crippen molar-refractivity contribution in [2.75, 3.05) is 13.1 Å². The van der Waals surface area contributed by atoms with Crippen LogP contribution in [0, 0.1) is 11.6 Å². The van der Waals surface area contributed by atoms with Crippen LogP contribution in [0.1, 0.15) is 29.6 Å². The molecular weight excluding hydrogens is 292 g/mol. The predicted molar refractivity (Wildman–Crippen MR) is 63.8 cm³/mol. The maximum atomic E-state index is 13.3. The number of benzene rings is 1. The molecule has 1 saturated heterocycles. The average Bonchev–Trinajstić information content (AvgIpc) is 2.35. The number of hydrogen-bond acceptors (Lipinski definition) is 1. The van der Waals surface area contributed by atoms with Gasteiger partial charge in [0.2, 0.25) is 0 Å². The molecular formula is C12H12BrF2NO. The van der Waals surface area contributed by atoms with Crippen LogP contribution in [0.5, 0.6) is 0 Å². The number of likely N-dealkylation sites (tertiary alicyclic amines) is 1. The van der Waals surface area contributed by atoms with Gasteiger partial charge in [0.15, 0.2) is 0 Å². The van der Waals surface area contributed by atoms with Gasteiger partial charge in [0.1, 0.15) is 11.6 Å². The molecule has 92 valence electrons. The number of rotatable bonds is 1. The highest BCUT2D eigenvalue weighted by atomic mass is 79.9. The molecule has 0 bridgehead atoms. The molecule has 1 aliphatic rings. The van der Waals surface area contributed by atoms with Gasteiger partial charge in [-0.25, -0.2) is 8.78 Å². The molecule has 0 aromatic heterocycles. The van der Waals surface area contributed by atoms with E-state index in [1.54, 1.807) is 4.90 Å². The third-order valence-corrected chi connectivity index (χ3v) is 3.63. The SMILES string of the molecule is O=C(c1cc(F)c(Br)c(F)c1)N1CCCCC1. The van der Waals surface area contributed by atoms with Crippen LogP contribution in [0.25, 0.3) is 0 Å². The van der Waals surface area contributed by atoms with Gasteiger partial charge < -0.3 is 4.90 Å². The van der Waals surface area contributed by atoms with Gasteiger partial charge >= 0.3 is 0 Å². The van der Waals surface area contributed by atoms with Crippen LogP contribution in [-0.4, -0.2) is 23.9 Å². The Morgan fingerprint density at radius 1 is 1.12 bits per heavy atom. The van der Waals surface area contributed by atoms with Crippen molar-refractivity contribution in [2.24, 2.45) is 0 Å². The number of halogens is 3. The third kappa shape index (κ3) is 2.65. The summed E-state index contributed by atoms with van der Waals surface area (Å²) in [5.74, 6) is -1.79. The Bertz CT molecular complexity index is 421. The summed E-state index contributed by atoms with van der Waals surface area (Å²) in [6.07, 6.45) is 3.01. The van der Waals surface area contributed by atoms with Gasteiger partial charge in [-0.1, -0.05) is 0 Å².